The van der Waals surface area contributed by atoms with E-state index in [0.29, 0.717) is 8.88 Å². The summed E-state index contributed by atoms with van der Waals surface area (Å²) >= 11 is 0. The van der Waals surface area contributed by atoms with Crippen molar-refractivity contribution in [3.63, 3.8) is 0 Å². The number of nitrogens with one attached hydrogen (secondary N) is 3. The minimum Gasteiger partial charge on any atom is -0.286 e. The van der Waals surface area contributed by atoms with Crippen LogP contribution >= 0.6 is 25.4 Å². The van der Waals surface area contributed by atoms with Crippen molar-refractivity contribution < 1.29 is 0 Å². The minimum absolute atomic E-state index is 0.534. The molecule has 0 radical (unpaired) electrons. The van der Waals surface area contributed by atoms with Crippen LogP contribution in [0.25, 0.3) is 0 Å². The van der Waals surface area contributed by atoms with Gasteiger partial charge in [-0.1, -0.05) is 0 Å². The first kappa shape index (κ1) is 5.81. The summed E-state index contributed by atoms with van der Waals surface area (Å²) in [6, 6.07) is 0. The summed E-state index contributed by atoms with van der Waals surface area (Å²) < 4.78 is 3.86. The summed E-state index contributed by atoms with van der Waals surface area (Å²) in [6.07, 6.45) is 0. The predicted molar refractivity (Wildman–Crippen MR) is 35.0 cm³/mol. The van der Waals surface area contributed by atoms with E-state index < -0.39 is 8.01 Å². The zero-order chi connectivity index (χ0) is 5.11. The van der Waals surface area contributed by atoms with Crippen LogP contribution in [0.4, 0.5) is 0 Å². The Morgan fingerprint density at radius 2 is 2.71 bits per heavy atom. The van der Waals surface area contributed by atoms with Crippen molar-refractivity contribution in [3.8, 4) is 0 Å². The molecule has 2 atom stereocenters. The summed E-state index contributed by atoms with van der Waals surface area (Å²) in [5, 5.41) is 7.06. The fraction of sp³-hybridized carbons (Fsp3) is 0. The van der Waals surface area contributed by atoms with Crippen LogP contribution in [0.1, 0.15) is 0 Å². The molecule has 7 heavy (non-hydrogen) atoms. The number of nitrogens with zero attached hydrogens (tertiary/aromatic N) is 1. The zero-order valence-corrected chi connectivity index (χ0v) is 6.29. The third-order valence-electron chi connectivity index (χ3n) is 0.437. The van der Waals surface area contributed by atoms with Gasteiger partial charge in [-0.05, 0) is 0 Å². The van der Waals surface area contributed by atoms with Gasteiger partial charge in [0.15, 0.2) is 0 Å². The van der Waals surface area contributed by atoms with Gasteiger partial charge >= 0.3 is 0 Å². The highest BCUT2D eigenvalue weighted by atomic mass is 31.2. The average molecular weight is 154 g/mol. The topological polar surface area (TPSA) is 60.3 Å². The van der Waals surface area contributed by atoms with E-state index in [1.807, 2.05) is 0 Å². The van der Waals surface area contributed by atoms with E-state index in [1.54, 1.807) is 0 Å². The van der Waals surface area contributed by atoms with Crippen LogP contribution in [0, 0.1) is 5.16 Å². The average Bonchev–Trinajstić information content (AvgIpc) is 1.69. The standard InChI is InChI=1S/H5N4P3/c1-7-3-5-2-6-4-7/h5,7H,(H3,1,2,3,4). The molecular formula is H5N4P3. The second kappa shape index (κ2) is 2.86. The van der Waals surface area contributed by atoms with Crippen LogP contribution in [-0.4, -0.2) is 0 Å². The van der Waals surface area contributed by atoms with Crippen LogP contribution in [0.2, 0.25) is 0 Å². The SMILES string of the molecule is N=[PH]1N=PNPN1. The number of hydrogen-bond acceptors (Lipinski definition) is 2. The monoisotopic (exact) mass is 154 g/mol. The Balaban J connectivity index is 2.51. The Labute approximate surface area is 45.7 Å². The molecule has 7 heteroatoms. The zero-order valence-electron chi connectivity index (χ0n) is 3.39. The van der Waals surface area contributed by atoms with Crippen molar-refractivity contribution in [2.24, 2.45) is 4.52 Å². The van der Waals surface area contributed by atoms with Crippen LogP contribution in [0.3, 0.4) is 0 Å². The lowest BCUT2D eigenvalue weighted by molar-refractivity contribution is 1.45. The van der Waals surface area contributed by atoms with Crippen molar-refractivity contribution in [3.05, 3.63) is 0 Å². The van der Waals surface area contributed by atoms with Crippen molar-refractivity contribution in [1.29, 1.82) is 5.16 Å². The molecule has 0 bridgehead atoms. The highest BCUT2D eigenvalue weighted by Gasteiger charge is 1.91. The van der Waals surface area contributed by atoms with Gasteiger partial charge in [0.25, 0.3) is 0 Å². The van der Waals surface area contributed by atoms with Crippen molar-refractivity contribution >= 4 is 25.4 Å². The van der Waals surface area contributed by atoms with Gasteiger partial charge in [-0.3, -0.25) is 5.16 Å². The molecule has 0 aromatic heterocycles. The van der Waals surface area contributed by atoms with Gasteiger partial charge in [0.2, 0.25) is 0 Å². The van der Waals surface area contributed by atoms with Crippen molar-refractivity contribution in [1.82, 2.24) is 9.72 Å². The van der Waals surface area contributed by atoms with E-state index in [1.165, 1.54) is 0 Å². The normalized spacial score (nSPS) is 36.3. The molecule has 0 aromatic carbocycles. The van der Waals surface area contributed by atoms with Gasteiger partial charge in [-0.15, -0.1) is 0 Å². The molecule has 0 saturated carbocycles. The molecule has 0 saturated heterocycles. The maximum Gasteiger partial charge on any atom is 0.132 e. The molecule has 4 nitrogen and oxygen atoms in total. The predicted octanol–water partition coefficient (Wildman–Crippen LogP) is 1.54. The Bertz CT molecular complexity index is 106. The Morgan fingerprint density at radius 1 is 1.86 bits per heavy atom. The third kappa shape index (κ3) is 1.94. The first-order valence-corrected chi connectivity index (χ1v) is 4.94. The number of hydrogen-bond donors (Lipinski definition) is 3. The molecule has 1 rings (SSSR count). The van der Waals surface area contributed by atoms with Crippen molar-refractivity contribution in [2.45, 2.75) is 0 Å². The second-order valence-corrected chi connectivity index (χ2v) is 4.75. The maximum absolute atomic E-state index is 7.06. The third-order valence-corrected chi connectivity index (χ3v) is 3.93. The smallest absolute Gasteiger partial charge is 0.132 e. The van der Waals surface area contributed by atoms with E-state index in [2.05, 4.69) is 14.2 Å². The van der Waals surface area contributed by atoms with Crippen molar-refractivity contribution in [2.75, 3.05) is 0 Å². The maximum atomic E-state index is 7.06. The highest BCUT2D eigenvalue weighted by Crippen LogP contribution is 2.32. The molecule has 0 aliphatic carbocycles. The van der Waals surface area contributed by atoms with Crippen LogP contribution in [0.15, 0.2) is 4.52 Å². The first-order chi connectivity index (χ1) is 3.39. The lowest BCUT2D eigenvalue weighted by Crippen LogP contribution is -1.94. The fourth-order valence-corrected chi connectivity index (χ4v) is 3.31. The van der Waals surface area contributed by atoms with E-state index in [-0.39, 0.29) is 0 Å². The lowest BCUT2D eigenvalue weighted by atomic mass is 13.8. The lowest BCUT2D eigenvalue weighted by Gasteiger charge is -2.04. The summed E-state index contributed by atoms with van der Waals surface area (Å²) in [7, 11) is 0.178. The minimum atomic E-state index is -1.23. The van der Waals surface area contributed by atoms with E-state index in [0.717, 1.165) is 8.52 Å². The summed E-state index contributed by atoms with van der Waals surface area (Å²) in [5.74, 6) is 0. The first-order valence-electron chi connectivity index (χ1n) is 1.65. The fourth-order valence-electron chi connectivity index (χ4n) is 0.212. The Hall–Kier alpha value is 0.680. The van der Waals surface area contributed by atoms with Gasteiger partial charge in [-0.2, -0.15) is 4.52 Å². The largest absolute Gasteiger partial charge is 0.286 e. The van der Waals surface area contributed by atoms with Crippen LogP contribution < -0.4 is 9.72 Å². The molecule has 2 unspecified atom stereocenters. The molecule has 1 aliphatic heterocycles. The van der Waals surface area contributed by atoms with Gasteiger partial charge in [0.1, 0.15) is 16.5 Å². The van der Waals surface area contributed by atoms with E-state index in [9.17, 15) is 0 Å². The van der Waals surface area contributed by atoms with Gasteiger partial charge in [-0.25, -0.2) is 9.72 Å². The molecule has 1 aliphatic rings. The van der Waals surface area contributed by atoms with Gasteiger partial charge in [0.05, 0.1) is 0 Å². The molecule has 0 aromatic rings. The molecule has 0 fully saturated rings. The number of rotatable bonds is 0. The van der Waals surface area contributed by atoms with Crippen LogP contribution in [0.5, 0.6) is 0 Å². The highest BCUT2D eigenvalue weighted by molar-refractivity contribution is 7.64. The summed E-state index contributed by atoms with van der Waals surface area (Å²) in [4.78, 5) is 5.84. The molecule has 0 spiro atoms. The quantitative estimate of drug-likeness (QED) is 0.463. The van der Waals surface area contributed by atoms with Gasteiger partial charge < -0.3 is 0 Å². The molecular weight excluding hydrogens is 149 g/mol. The summed E-state index contributed by atoms with van der Waals surface area (Å²) in [5.41, 5.74) is 0. The van der Waals surface area contributed by atoms with Gasteiger partial charge in [0, 0.05) is 8.88 Å². The second-order valence-electron chi connectivity index (χ2n) is 0.910. The van der Waals surface area contributed by atoms with Crippen LogP contribution in [-0.2, 0) is 0 Å². The molecule has 1 heterocycles. The Kier molecular flexibility index (Phi) is 2.37. The molecule has 0 amide bonds. The molecule has 3 N–H and O–H groups in total. The van der Waals surface area contributed by atoms with E-state index >= 15 is 0 Å². The summed E-state index contributed by atoms with van der Waals surface area (Å²) in [6.45, 7) is 0. The Morgan fingerprint density at radius 3 is 3.00 bits per heavy atom. The van der Waals surface area contributed by atoms with E-state index in [4.69, 9.17) is 5.16 Å². The molecule has 40 valence electrons.